The Labute approximate surface area is 424 Å². The summed E-state index contributed by atoms with van der Waals surface area (Å²) in [6.07, 6.45) is 0. The van der Waals surface area contributed by atoms with Crippen molar-refractivity contribution in [2.45, 2.75) is 85.9 Å². The fourth-order valence-corrected chi connectivity index (χ4v) is 9.70. The maximum absolute atomic E-state index is 8.04. The molecular formula is C63H58IrN4O-2. The third kappa shape index (κ3) is 8.66. The van der Waals surface area contributed by atoms with E-state index in [0.717, 1.165) is 55.7 Å². The van der Waals surface area contributed by atoms with Crippen LogP contribution in [0.4, 0.5) is 0 Å². The SMILES string of the molecule is CC(C)c1cc(-c2ccccc2)cc(C(C)C)c1-n1c(-c2[c-]cccc2)nc2ccccc21.[2H]C([2H])([2H])c1cccc2c1oc1c(-c3nc4ccccc4n3-c3c(C(C)C)cccc3C(C)C)[c-]ccc12.[Ir]. The van der Waals surface area contributed by atoms with E-state index in [1.165, 1.54) is 39.1 Å². The molecule has 6 heteroatoms. The normalized spacial score (nSPS) is 12.5. The summed E-state index contributed by atoms with van der Waals surface area (Å²) in [7, 11) is 0. The van der Waals surface area contributed by atoms with Crippen LogP contribution in [0.25, 0.3) is 89.3 Å². The van der Waals surface area contributed by atoms with Gasteiger partial charge in [0.25, 0.3) is 0 Å². The van der Waals surface area contributed by atoms with E-state index in [9.17, 15) is 0 Å². The van der Waals surface area contributed by atoms with Crippen LogP contribution in [0.3, 0.4) is 0 Å². The van der Waals surface area contributed by atoms with Gasteiger partial charge in [0.2, 0.25) is 0 Å². The molecule has 3 aromatic heterocycles. The fraction of sp³-hybridized carbons (Fsp3) is 0.206. The van der Waals surface area contributed by atoms with Gasteiger partial charge < -0.3 is 13.6 Å². The summed E-state index contributed by atoms with van der Waals surface area (Å²) < 4.78 is 35.1. The molecule has 0 amide bonds. The van der Waals surface area contributed by atoms with Crippen molar-refractivity contribution in [1.82, 2.24) is 19.1 Å². The molecule has 0 saturated heterocycles. The van der Waals surface area contributed by atoms with E-state index in [4.69, 9.17) is 18.5 Å². The van der Waals surface area contributed by atoms with Gasteiger partial charge in [0.1, 0.15) is 5.58 Å². The molecule has 0 fully saturated rings. The maximum atomic E-state index is 8.04. The van der Waals surface area contributed by atoms with Crippen molar-refractivity contribution in [3.63, 3.8) is 0 Å². The zero-order valence-electron chi connectivity index (χ0n) is 43.4. The molecule has 0 bridgehead atoms. The van der Waals surface area contributed by atoms with E-state index in [-0.39, 0.29) is 25.7 Å². The van der Waals surface area contributed by atoms with E-state index in [0.29, 0.717) is 40.4 Å². The monoisotopic (exact) mass is 1080 g/mol. The minimum atomic E-state index is -2.28. The number of fused-ring (bicyclic) bond motifs is 5. The van der Waals surface area contributed by atoms with Crippen LogP contribution in [0.5, 0.6) is 0 Å². The van der Waals surface area contributed by atoms with Crippen molar-refractivity contribution in [2.75, 3.05) is 0 Å². The number of para-hydroxylation sites is 6. The van der Waals surface area contributed by atoms with Gasteiger partial charge in [-0.2, -0.15) is 0 Å². The Bertz CT molecular complexity index is 3660. The quantitative estimate of drug-likeness (QED) is 0.135. The Kier molecular flexibility index (Phi) is 12.4. The molecule has 0 aliphatic heterocycles. The molecule has 0 atom stereocenters. The summed E-state index contributed by atoms with van der Waals surface area (Å²) in [5, 5.41) is 1.62. The summed E-state index contributed by atoms with van der Waals surface area (Å²) in [5.41, 5.74) is 16.9. The van der Waals surface area contributed by atoms with Crippen molar-refractivity contribution < 1.29 is 28.6 Å². The topological polar surface area (TPSA) is 48.8 Å². The largest absolute Gasteiger partial charge is 0.500 e. The first-order chi connectivity index (χ1) is 34.2. The second-order valence-corrected chi connectivity index (χ2v) is 18.9. The van der Waals surface area contributed by atoms with Crippen LogP contribution in [0.2, 0.25) is 0 Å². The Balaban J connectivity index is 0.000000177. The van der Waals surface area contributed by atoms with Gasteiger partial charge >= 0.3 is 0 Å². The number of benzene rings is 8. The van der Waals surface area contributed by atoms with Crippen molar-refractivity contribution >= 4 is 44.0 Å². The number of nitrogens with zero attached hydrogens (tertiary/aromatic N) is 4. The number of furan rings is 1. The van der Waals surface area contributed by atoms with Crippen molar-refractivity contribution in [1.29, 1.82) is 0 Å². The van der Waals surface area contributed by atoms with Crippen molar-refractivity contribution in [3.05, 3.63) is 204 Å². The molecule has 5 nitrogen and oxygen atoms in total. The summed E-state index contributed by atoms with van der Waals surface area (Å²) in [6.45, 7) is 15.7. The molecule has 0 aliphatic rings. The summed E-state index contributed by atoms with van der Waals surface area (Å²) in [5.74, 6) is 2.97. The number of aromatic nitrogens is 4. The first-order valence-corrected chi connectivity index (χ1v) is 23.9. The average Bonchev–Trinajstić information content (AvgIpc) is 4.08. The smallest absolute Gasteiger partial charge is 0.123 e. The zero-order valence-corrected chi connectivity index (χ0v) is 42.8. The Morgan fingerprint density at radius 3 is 1.61 bits per heavy atom. The fourth-order valence-electron chi connectivity index (χ4n) is 9.70. The maximum Gasteiger partial charge on any atom is 0.123 e. The molecule has 11 rings (SSSR count). The van der Waals surface area contributed by atoms with Crippen LogP contribution < -0.4 is 0 Å². The van der Waals surface area contributed by atoms with E-state index in [2.05, 4.69) is 180 Å². The molecule has 0 unspecified atom stereocenters. The van der Waals surface area contributed by atoms with Crippen molar-refractivity contribution in [3.8, 4) is 45.3 Å². The van der Waals surface area contributed by atoms with Gasteiger partial charge in [-0.15, -0.1) is 54.1 Å². The summed E-state index contributed by atoms with van der Waals surface area (Å²) >= 11 is 0. The first-order valence-electron chi connectivity index (χ1n) is 25.4. The molecule has 8 aromatic carbocycles. The van der Waals surface area contributed by atoms with E-state index in [1.54, 1.807) is 12.1 Å². The molecule has 347 valence electrons. The molecule has 69 heavy (non-hydrogen) atoms. The molecule has 0 N–H and O–H groups in total. The minimum Gasteiger partial charge on any atom is -0.500 e. The molecular weight excluding hydrogens is 1020 g/mol. The Morgan fingerprint density at radius 2 is 1.01 bits per heavy atom. The second kappa shape index (κ2) is 19.6. The summed E-state index contributed by atoms with van der Waals surface area (Å²) in [4.78, 5) is 10.2. The minimum absolute atomic E-state index is 0. The van der Waals surface area contributed by atoms with E-state index >= 15 is 0 Å². The third-order valence-corrected chi connectivity index (χ3v) is 13.1. The predicted molar refractivity (Wildman–Crippen MR) is 284 cm³/mol. The van der Waals surface area contributed by atoms with Gasteiger partial charge in [0.05, 0.1) is 39.3 Å². The number of hydrogen-bond acceptors (Lipinski definition) is 3. The Morgan fingerprint density at radius 1 is 0.478 bits per heavy atom. The summed E-state index contributed by atoms with van der Waals surface area (Å²) in [6, 6.07) is 62.6. The van der Waals surface area contributed by atoms with Gasteiger partial charge in [0.15, 0.2) is 0 Å². The predicted octanol–water partition coefficient (Wildman–Crippen LogP) is 17.4. The number of imidazole rings is 2. The van der Waals surface area contributed by atoms with Crippen LogP contribution in [0.1, 0.15) is 111 Å². The number of rotatable bonds is 9. The van der Waals surface area contributed by atoms with Crippen LogP contribution in [-0.4, -0.2) is 19.1 Å². The van der Waals surface area contributed by atoms with Crippen molar-refractivity contribution in [2.24, 2.45) is 0 Å². The number of hydrogen-bond donors (Lipinski definition) is 0. The van der Waals surface area contributed by atoms with Gasteiger partial charge in [-0.3, -0.25) is 9.97 Å². The van der Waals surface area contributed by atoms with Crippen LogP contribution in [0.15, 0.2) is 168 Å². The van der Waals surface area contributed by atoms with Crippen LogP contribution in [0, 0.1) is 19.0 Å². The average molecular weight is 1080 g/mol. The Hall–Kier alpha value is -6.85. The molecule has 0 aliphatic carbocycles. The molecule has 0 spiro atoms. The van der Waals surface area contributed by atoms with Gasteiger partial charge in [-0.05, 0) is 106 Å². The van der Waals surface area contributed by atoms with E-state index < -0.39 is 6.85 Å². The van der Waals surface area contributed by atoms with Gasteiger partial charge in [0, 0.05) is 41.0 Å². The second-order valence-electron chi connectivity index (χ2n) is 18.9. The molecule has 3 heterocycles. The van der Waals surface area contributed by atoms with E-state index in [1.807, 2.05) is 48.5 Å². The molecule has 1 radical (unpaired) electrons. The molecule has 11 aromatic rings. The van der Waals surface area contributed by atoms with Crippen LogP contribution in [-0.2, 0) is 20.1 Å². The number of aryl methyl sites for hydroxylation is 1. The molecule has 0 saturated carbocycles. The third-order valence-electron chi connectivity index (χ3n) is 13.1. The van der Waals surface area contributed by atoms with Gasteiger partial charge in [-0.25, -0.2) is 0 Å². The first kappa shape index (κ1) is 43.4. The van der Waals surface area contributed by atoms with Gasteiger partial charge in [-0.1, -0.05) is 157 Å². The van der Waals surface area contributed by atoms with Crippen LogP contribution >= 0.6 is 0 Å². The zero-order chi connectivity index (χ0) is 49.7. The standard InChI is InChI=1S/C32H29N2O.C31H29N2.Ir/c1-19(2)22-12-9-13-23(20(3)4)29(22)34-28-18-7-6-17-27(28)33-32(34)26-16-10-15-25-24-14-8-11-21(5)30(24)35-31(25)26;1-21(2)26-19-25(23-13-7-5-8-14-23)20-27(22(3)4)30(26)33-29-18-12-11-17-28(29)32-31(33)24-15-9-6-10-16-24;/h6-15,17-20H,1-5H3;5-15,17-22H,1-4H3;/q2*-1;/i5D3;;.